The second-order valence-corrected chi connectivity index (χ2v) is 4.29. The third-order valence-electron chi connectivity index (χ3n) is 2.67. The van der Waals surface area contributed by atoms with Gasteiger partial charge in [0.15, 0.2) is 18.1 Å². The Hall–Kier alpha value is -1.71. The lowest BCUT2D eigenvalue weighted by molar-refractivity contribution is -0.146. The number of esters is 1. The molecule has 1 fully saturated rings. The summed E-state index contributed by atoms with van der Waals surface area (Å²) in [7, 11) is 0. The Morgan fingerprint density at radius 2 is 1.89 bits per heavy atom. The second-order valence-electron chi connectivity index (χ2n) is 4.29. The van der Waals surface area contributed by atoms with Crippen LogP contribution < -0.4 is 9.47 Å². The first-order valence-corrected chi connectivity index (χ1v) is 6.30. The van der Waals surface area contributed by atoms with Crippen LogP contribution in [0.5, 0.6) is 11.5 Å². The highest BCUT2D eigenvalue weighted by Crippen LogP contribution is 2.29. The Kier molecular flexibility index (Phi) is 4.45. The monoisotopic (exact) mass is 250 g/mol. The zero-order chi connectivity index (χ0) is 12.8. The van der Waals surface area contributed by atoms with Gasteiger partial charge in [0, 0.05) is 0 Å². The largest absolute Gasteiger partial charge is 0.490 e. The number of carbonyl (C=O) groups excluding carboxylic acids is 1. The molecule has 0 aromatic heterocycles. The van der Waals surface area contributed by atoms with Crippen molar-refractivity contribution in [3.05, 3.63) is 24.3 Å². The minimum absolute atomic E-state index is 0.0726. The molecule has 4 nitrogen and oxygen atoms in total. The van der Waals surface area contributed by atoms with Gasteiger partial charge in [-0.05, 0) is 37.8 Å². The van der Waals surface area contributed by atoms with Crippen molar-refractivity contribution < 1.29 is 19.0 Å². The smallest absolute Gasteiger partial charge is 0.344 e. The predicted octanol–water partition coefficient (Wildman–Crippen LogP) is 2.42. The summed E-state index contributed by atoms with van der Waals surface area (Å²) >= 11 is 0. The molecular formula is C14H18O4. The van der Waals surface area contributed by atoms with E-state index in [1.54, 1.807) is 6.07 Å². The van der Waals surface area contributed by atoms with Crippen LogP contribution >= 0.6 is 0 Å². The summed E-state index contributed by atoms with van der Waals surface area (Å²) in [5, 5.41) is 0. The Bertz CT molecular complexity index is 399. The Morgan fingerprint density at radius 3 is 2.50 bits per heavy atom. The molecule has 1 aromatic carbocycles. The van der Waals surface area contributed by atoms with Crippen LogP contribution in [0.15, 0.2) is 24.3 Å². The molecule has 0 N–H and O–H groups in total. The molecule has 0 spiro atoms. The lowest BCUT2D eigenvalue weighted by Crippen LogP contribution is -2.16. The summed E-state index contributed by atoms with van der Waals surface area (Å²) < 4.78 is 15.9. The first-order valence-electron chi connectivity index (χ1n) is 6.30. The van der Waals surface area contributed by atoms with Crippen LogP contribution in [-0.4, -0.2) is 25.8 Å². The van der Waals surface area contributed by atoms with E-state index in [4.69, 9.17) is 14.2 Å². The highest BCUT2D eigenvalue weighted by Gasteiger charge is 2.23. The predicted molar refractivity (Wildman–Crippen MR) is 66.8 cm³/mol. The number of para-hydroxylation sites is 2. The summed E-state index contributed by atoms with van der Waals surface area (Å²) in [4.78, 5) is 11.4. The van der Waals surface area contributed by atoms with Gasteiger partial charge in [-0.3, -0.25) is 0 Å². The molecule has 0 saturated heterocycles. The second kappa shape index (κ2) is 6.28. The van der Waals surface area contributed by atoms with Crippen molar-refractivity contribution >= 4 is 5.97 Å². The minimum Gasteiger partial charge on any atom is -0.490 e. The molecule has 18 heavy (non-hydrogen) atoms. The summed E-state index contributed by atoms with van der Waals surface area (Å²) in [5.41, 5.74) is 0. The van der Waals surface area contributed by atoms with Gasteiger partial charge in [0.1, 0.15) is 0 Å². The van der Waals surface area contributed by atoms with Gasteiger partial charge in [0.25, 0.3) is 0 Å². The molecular weight excluding hydrogens is 232 g/mol. The zero-order valence-corrected chi connectivity index (χ0v) is 10.6. The number of rotatable bonds is 7. The van der Waals surface area contributed by atoms with E-state index >= 15 is 0 Å². The van der Waals surface area contributed by atoms with Crippen molar-refractivity contribution in [2.75, 3.05) is 19.8 Å². The molecule has 0 atom stereocenters. The van der Waals surface area contributed by atoms with Gasteiger partial charge in [0.05, 0.1) is 13.2 Å². The molecule has 98 valence electrons. The zero-order valence-electron chi connectivity index (χ0n) is 10.6. The number of carbonyl (C=O) groups is 1. The highest BCUT2D eigenvalue weighted by atomic mass is 16.6. The van der Waals surface area contributed by atoms with Gasteiger partial charge < -0.3 is 14.2 Å². The Labute approximate surface area is 107 Å². The molecule has 1 aliphatic carbocycles. The molecule has 0 aliphatic heterocycles. The van der Waals surface area contributed by atoms with Crippen molar-refractivity contribution in [1.82, 2.24) is 0 Å². The van der Waals surface area contributed by atoms with E-state index in [0.717, 1.165) is 0 Å². The SMILES string of the molecule is CCOc1ccccc1OCC(=O)OCC1CC1. The van der Waals surface area contributed by atoms with E-state index in [-0.39, 0.29) is 12.6 Å². The highest BCUT2D eigenvalue weighted by molar-refractivity contribution is 5.71. The average molecular weight is 250 g/mol. The van der Waals surface area contributed by atoms with Crippen LogP contribution in [0.2, 0.25) is 0 Å². The topological polar surface area (TPSA) is 44.8 Å². The summed E-state index contributed by atoms with van der Waals surface area (Å²) in [6.45, 7) is 2.92. The molecule has 0 radical (unpaired) electrons. The van der Waals surface area contributed by atoms with E-state index in [2.05, 4.69) is 0 Å². The molecule has 1 saturated carbocycles. The van der Waals surface area contributed by atoms with Gasteiger partial charge >= 0.3 is 5.97 Å². The lowest BCUT2D eigenvalue weighted by Gasteiger charge is -2.11. The van der Waals surface area contributed by atoms with Crippen molar-refractivity contribution in [3.63, 3.8) is 0 Å². The third-order valence-corrected chi connectivity index (χ3v) is 2.67. The van der Waals surface area contributed by atoms with Crippen LogP contribution in [0.1, 0.15) is 19.8 Å². The van der Waals surface area contributed by atoms with Crippen molar-refractivity contribution in [2.45, 2.75) is 19.8 Å². The number of hydrogen-bond acceptors (Lipinski definition) is 4. The van der Waals surface area contributed by atoms with E-state index in [0.29, 0.717) is 30.6 Å². The number of hydrogen-bond donors (Lipinski definition) is 0. The third kappa shape index (κ3) is 3.95. The molecule has 0 amide bonds. The fourth-order valence-electron chi connectivity index (χ4n) is 1.52. The lowest BCUT2D eigenvalue weighted by atomic mass is 10.3. The van der Waals surface area contributed by atoms with E-state index in [1.165, 1.54) is 12.8 Å². The molecule has 0 heterocycles. The fourth-order valence-corrected chi connectivity index (χ4v) is 1.52. The summed E-state index contributed by atoms with van der Waals surface area (Å²) in [5.74, 6) is 1.47. The first kappa shape index (κ1) is 12.7. The quantitative estimate of drug-likeness (QED) is 0.697. The van der Waals surface area contributed by atoms with Crippen molar-refractivity contribution in [1.29, 1.82) is 0 Å². The van der Waals surface area contributed by atoms with E-state index in [1.807, 2.05) is 25.1 Å². The number of ether oxygens (including phenoxy) is 3. The first-order chi connectivity index (χ1) is 8.79. The molecule has 1 aromatic rings. The van der Waals surface area contributed by atoms with E-state index in [9.17, 15) is 4.79 Å². The maximum atomic E-state index is 11.4. The standard InChI is InChI=1S/C14H18O4/c1-2-16-12-5-3-4-6-13(12)17-10-14(15)18-9-11-7-8-11/h3-6,11H,2,7-10H2,1H3. The molecule has 0 bridgehead atoms. The Balaban J connectivity index is 1.78. The van der Waals surface area contributed by atoms with Crippen molar-refractivity contribution in [3.8, 4) is 11.5 Å². The average Bonchev–Trinajstić information content (AvgIpc) is 3.20. The Morgan fingerprint density at radius 1 is 1.22 bits per heavy atom. The van der Waals surface area contributed by atoms with Crippen LogP contribution in [-0.2, 0) is 9.53 Å². The van der Waals surface area contributed by atoms with Crippen LogP contribution in [0.4, 0.5) is 0 Å². The van der Waals surface area contributed by atoms with Crippen LogP contribution in [0.3, 0.4) is 0 Å². The van der Waals surface area contributed by atoms with Gasteiger partial charge in [-0.2, -0.15) is 0 Å². The molecule has 4 heteroatoms. The van der Waals surface area contributed by atoms with Crippen LogP contribution in [0, 0.1) is 5.92 Å². The normalized spacial score (nSPS) is 14.1. The van der Waals surface area contributed by atoms with Gasteiger partial charge in [0.2, 0.25) is 0 Å². The molecule has 1 aliphatic rings. The fraction of sp³-hybridized carbons (Fsp3) is 0.500. The summed E-state index contributed by atoms with van der Waals surface area (Å²) in [6, 6.07) is 7.30. The van der Waals surface area contributed by atoms with Gasteiger partial charge in [-0.15, -0.1) is 0 Å². The van der Waals surface area contributed by atoms with Crippen molar-refractivity contribution in [2.24, 2.45) is 5.92 Å². The maximum Gasteiger partial charge on any atom is 0.344 e. The maximum absolute atomic E-state index is 11.4. The number of benzene rings is 1. The minimum atomic E-state index is -0.326. The summed E-state index contributed by atoms with van der Waals surface area (Å²) in [6.07, 6.45) is 2.34. The van der Waals surface area contributed by atoms with Gasteiger partial charge in [-0.1, -0.05) is 12.1 Å². The van der Waals surface area contributed by atoms with Crippen LogP contribution in [0.25, 0.3) is 0 Å². The molecule has 0 unspecified atom stereocenters. The molecule has 2 rings (SSSR count). The van der Waals surface area contributed by atoms with E-state index < -0.39 is 0 Å². The van der Waals surface area contributed by atoms with Gasteiger partial charge in [-0.25, -0.2) is 4.79 Å².